The summed E-state index contributed by atoms with van der Waals surface area (Å²) in [4.78, 5) is 20.1. The van der Waals surface area contributed by atoms with Gasteiger partial charge < -0.3 is 14.9 Å². The van der Waals surface area contributed by atoms with Crippen LogP contribution in [0.2, 0.25) is 0 Å². The fourth-order valence-corrected chi connectivity index (χ4v) is 2.95. The molecule has 2 rings (SSSR count). The Morgan fingerprint density at radius 3 is 2.59 bits per heavy atom. The van der Waals surface area contributed by atoms with Crippen LogP contribution in [0.4, 0.5) is 5.82 Å². The highest BCUT2D eigenvalue weighted by molar-refractivity contribution is 5.85. The summed E-state index contributed by atoms with van der Waals surface area (Å²) in [7, 11) is 0. The molecule has 122 valence electrons. The Hall–Kier alpha value is -1.62. The van der Waals surface area contributed by atoms with Crippen molar-refractivity contribution in [3.63, 3.8) is 0 Å². The molecule has 0 spiro atoms. The van der Waals surface area contributed by atoms with Crippen LogP contribution in [0.3, 0.4) is 0 Å². The number of pyridine rings is 1. The number of nitrogens with zero attached hydrogens (tertiary/aromatic N) is 3. The molecule has 0 aliphatic carbocycles. The molecule has 0 radical (unpaired) electrons. The molecule has 0 atom stereocenters. The Bertz CT molecular complexity index is 471. The smallest absolute Gasteiger partial charge is 0.354 e. The molecule has 0 unspecified atom stereocenters. The molecule has 2 heterocycles. The summed E-state index contributed by atoms with van der Waals surface area (Å²) in [5, 5.41) is 9.10. The Morgan fingerprint density at radius 1 is 1.23 bits per heavy atom. The third-order valence-electron chi connectivity index (χ3n) is 4.16. The fraction of sp³-hybridized carbons (Fsp3) is 0.647. The van der Waals surface area contributed by atoms with Gasteiger partial charge >= 0.3 is 5.97 Å². The van der Waals surface area contributed by atoms with E-state index >= 15 is 0 Å². The standard InChI is InChI=1S/C17H27N3O2/c1-2-10-20(14-13-19-11-5-3-4-6-12-19)16-9-7-8-15(18-16)17(21)22/h7-9H,2-6,10-14H2,1H3,(H,21,22). The lowest BCUT2D eigenvalue weighted by Crippen LogP contribution is -2.36. The first kappa shape index (κ1) is 16.7. The largest absolute Gasteiger partial charge is 0.477 e. The first-order valence-corrected chi connectivity index (χ1v) is 8.38. The normalized spacial score (nSPS) is 16.2. The van der Waals surface area contributed by atoms with Crippen molar-refractivity contribution in [2.45, 2.75) is 39.0 Å². The minimum absolute atomic E-state index is 0.119. The lowest BCUT2D eigenvalue weighted by molar-refractivity contribution is 0.0690. The van der Waals surface area contributed by atoms with Crippen LogP contribution in [0.15, 0.2) is 18.2 Å². The van der Waals surface area contributed by atoms with E-state index in [4.69, 9.17) is 5.11 Å². The highest BCUT2D eigenvalue weighted by Gasteiger charge is 2.14. The maximum Gasteiger partial charge on any atom is 0.354 e. The zero-order valence-electron chi connectivity index (χ0n) is 13.5. The van der Waals surface area contributed by atoms with E-state index in [-0.39, 0.29) is 5.69 Å². The van der Waals surface area contributed by atoms with Gasteiger partial charge in [-0.15, -0.1) is 0 Å². The first-order chi connectivity index (χ1) is 10.7. The summed E-state index contributed by atoms with van der Waals surface area (Å²) < 4.78 is 0. The Kier molecular flexibility index (Phi) is 6.65. The molecule has 5 heteroatoms. The van der Waals surface area contributed by atoms with Crippen molar-refractivity contribution < 1.29 is 9.90 Å². The van der Waals surface area contributed by atoms with E-state index < -0.39 is 5.97 Å². The Balaban J connectivity index is 1.99. The van der Waals surface area contributed by atoms with Gasteiger partial charge in [0.25, 0.3) is 0 Å². The fourth-order valence-electron chi connectivity index (χ4n) is 2.95. The molecule has 0 aromatic carbocycles. The minimum Gasteiger partial charge on any atom is -0.477 e. The SMILES string of the molecule is CCCN(CCN1CCCCCC1)c1cccc(C(=O)O)n1. The third-order valence-corrected chi connectivity index (χ3v) is 4.16. The van der Waals surface area contributed by atoms with Crippen molar-refractivity contribution in [2.75, 3.05) is 37.6 Å². The number of hydrogen-bond donors (Lipinski definition) is 1. The number of carbonyl (C=O) groups is 1. The molecular formula is C17H27N3O2. The van der Waals surface area contributed by atoms with Crippen LogP contribution in [0.25, 0.3) is 0 Å². The second-order valence-electron chi connectivity index (χ2n) is 5.93. The molecule has 1 saturated heterocycles. The van der Waals surface area contributed by atoms with E-state index in [1.807, 2.05) is 6.07 Å². The number of likely N-dealkylation sites (tertiary alicyclic amines) is 1. The molecule has 1 aromatic rings. The van der Waals surface area contributed by atoms with Gasteiger partial charge in [-0.3, -0.25) is 0 Å². The van der Waals surface area contributed by atoms with Crippen LogP contribution >= 0.6 is 0 Å². The van der Waals surface area contributed by atoms with Crippen molar-refractivity contribution >= 4 is 11.8 Å². The Labute approximate surface area is 132 Å². The maximum absolute atomic E-state index is 11.1. The predicted molar refractivity (Wildman–Crippen MR) is 88.6 cm³/mol. The number of hydrogen-bond acceptors (Lipinski definition) is 4. The lowest BCUT2D eigenvalue weighted by Gasteiger charge is -2.27. The predicted octanol–water partition coefficient (Wildman–Crippen LogP) is 2.87. The minimum atomic E-state index is -0.967. The molecule has 1 aromatic heterocycles. The molecule has 0 bridgehead atoms. The van der Waals surface area contributed by atoms with Gasteiger partial charge in [-0.25, -0.2) is 9.78 Å². The number of aromatic nitrogens is 1. The monoisotopic (exact) mass is 305 g/mol. The van der Waals surface area contributed by atoms with Gasteiger partial charge in [0.15, 0.2) is 5.69 Å². The highest BCUT2D eigenvalue weighted by atomic mass is 16.4. The van der Waals surface area contributed by atoms with Gasteiger partial charge in [-0.05, 0) is 44.5 Å². The Morgan fingerprint density at radius 2 is 1.95 bits per heavy atom. The number of aromatic carboxylic acids is 1. The average Bonchev–Trinajstić information content (AvgIpc) is 2.80. The van der Waals surface area contributed by atoms with Crippen LogP contribution in [0, 0.1) is 0 Å². The van der Waals surface area contributed by atoms with E-state index in [1.165, 1.54) is 38.8 Å². The molecule has 1 aliphatic heterocycles. The number of anilines is 1. The number of carboxylic acids is 1. The molecular weight excluding hydrogens is 278 g/mol. The topological polar surface area (TPSA) is 56.7 Å². The molecule has 22 heavy (non-hydrogen) atoms. The second-order valence-corrected chi connectivity index (χ2v) is 5.93. The van der Waals surface area contributed by atoms with Gasteiger partial charge in [0.05, 0.1) is 0 Å². The van der Waals surface area contributed by atoms with Crippen LogP contribution < -0.4 is 4.90 Å². The van der Waals surface area contributed by atoms with E-state index in [2.05, 4.69) is 21.7 Å². The molecule has 5 nitrogen and oxygen atoms in total. The highest BCUT2D eigenvalue weighted by Crippen LogP contribution is 2.14. The van der Waals surface area contributed by atoms with Crippen LogP contribution in [0.5, 0.6) is 0 Å². The lowest BCUT2D eigenvalue weighted by atomic mass is 10.2. The van der Waals surface area contributed by atoms with Gasteiger partial charge in [-0.2, -0.15) is 0 Å². The van der Waals surface area contributed by atoms with Crippen molar-refractivity contribution in [1.29, 1.82) is 0 Å². The van der Waals surface area contributed by atoms with Crippen LogP contribution in [-0.2, 0) is 0 Å². The molecule has 1 fully saturated rings. The van der Waals surface area contributed by atoms with Crippen molar-refractivity contribution in [3.05, 3.63) is 23.9 Å². The second kappa shape index (κ2) is 8.73. The first-order valence-electron chi connectivity index (χ1n) is 8.38. The van der Waals surface area contributed by atoms with E-state index in [0.717, 1.165) is 31.9 Å². The molecule has 0 amide bonds. The summed E-state index contributed by atoms with van der Waals surface area (Å²) >= 11 is 0. The van der Waals surface area contributed by atoms with Crippen molar-refractivity contribution in [2.24, 2.45) is 0 Å². The third kappa shape index (κ3) is 4.98. The average molecular weight is 305 g/mol. The van der Waals surface area contributed by atoms with Gasteiger partial charge in [0.2, 0.25) is 0 Å². The van der Waals surface area contributed by atoms with Crippen molar-refractivity contribution in [1.82, 2.24) is 9.88 Å². The quantitative estimate of drug-likeness (QED) is 0.839. The number of rotatable bonds is 7. The summed E-state index contributed by atoms with van der Waals surface area (Å²) in [6, 6.07) is 5.23. The van der Waals surface area contributed by atoms with Gasteiger partial charge in [0, 0.05) is 19.6 Å². The summed E-state index contributed by atoms with van der Waals surface area (Å²) in [5.74, 6) is -0.192. The van der Waals surface area contributed by atoms with Crippen LogP contribution in [0.1, 0.15) is 49.5 Å². The van der Waals surface area contributed by atoms with E-state index in [9.17, 15) is 4.79 Å². The zero-order chi connectivity index (χ0) is 15.8. The number of carboxylic acid groups (broad SMARTS) is 1. The van der Waals surface area contributed by atoms with Gasteiger partial charge in [0.1, 0.15) is 5.82 Å². The van der Waals surface area contributed by atoms with Crippen LogP contribution in [-0.4, -0.2) is 53.7 Å². The molecule has 1 N–H and O–H groups in total. The molecule has 1 aliphatic rings. The van der Waals surface area contributed by atoms with Crippen molar-refractivity contribution in [3.8, 4) is 0 Å². The van der Waals surface area contributed by atoms with Gasteiger partial charge in [-0.1, -0.05) is 25.8 Å². The summed E-state index contributed by atoms with van der Waals surface area (Å²) in [5.41, 5.74) is 0.119. The van der Waals surface area contributed by atoms with E-state index in [0.29, 0.717) is 0 Å². The van der Waals surface area contributed by atoms with E-state index in [1.54, 1.807) is 12.1 Å². The zero-order valence-corrected chi connectivity index (χ0v) is 13.5. The molecule has 0 saturated carbocycles. The summed E-state index contributed by atoms with van der Waals surface area (Å²) in [6.07, 6.45) is 6.30. The maximum atomic E-state index is 11.1. The summed E-state index contributed by atoms with van der Waals surface area (Å²) in [6.45, 7) is 7.35.